The average molecular weight is 576 g/mol. The maximum atomic E-state index is 13.9. The maximum absolute atomic E-state index is 13.9. The van der Waals surface area contributed by atoms with E-state index >= 15 is 0 Å². The number of anilines is 2. The first-order valence-corrected chi connectivity index (χ1v) is 15.3. The topological polar surface area (TPSA) is 165 Å². The summed E-state index contributed by atoms with van der Waals surface area (Å²) in [6.07, 6.45) is 1.18. The molecule has 1 aliphatic carbocycles. The molecule has 2 unspecified atom stereocenters. The van der Waals surface area contributed by atoms with Crippen LogP contribution in [0.2, 0.25) is 0 Å². The zero-order chi connectivity index (χ0) is 28.8. The van der Waals surface area contributed by atoms with Gasteiger partial charge in [-0.05, 0) is 49.4 Å². The van der Waals surface area contributed by atoms with Gasteiger partial charge in [0.05, 0.1) is 23.9 Å². The molecule has 2 N–H and O–H groups in total. The number of nitrogens with zero attached hydrogens (tertiary/aromatic N) is 1. The number of rotatable bonds is 8. The predicted molar refractivity (Wildman–Crippen MR) is 145 cm³/mol. The minimum Gasteiger partial charge on any atom is -0.468 e. The van der Waals surface area contributed by atoms with Crippen LogP contribution in [-0.2, 0) is 39.8 Å². The summed E-state index contributed by atoms with van der Waals surface area (Å²) < 4.78 is 61.1. The second-order valence-electron chi connectivity index (χ2n) is 10.2. The zero-order valence-electron chi connectivity index (χ0n) is 21.8. The van der Waals surface area contributed by atoms with Gasteiger partial charge in [0.15, 0.2) is 17.3 Å². The van der Waals surface area contributed by atoms with Crippen molar-refractivity contribution in [1.29, 1.82) is 0 Å². The molecule has 2 aromatic rings. The Morgan fingerprint density at radius 1 is 1.18 bits per heavy atom. The van der Waals surface area contributed by atoms with Crippen molar-refractivity contribution in [1.82, 2.24) is 0 Å². The van der Waals surface area contributed by atoms with Gasteiger partial charge in [-0.2, -0.15) is 8.42 Å². The molecule has 2 aromatic carbocycles. The third kappa shape index (κ3) is 5.46. The number of carbonyl (C=O) groups is 3. The van der Waals surface area contributed by atoms with Crippen molar-refractivity contribution in [2.75, 3.05) is 22.9 Å². The van der Waals surface area contributed by atoms with Crippen LogP contribution in [0.1, 0.15) is 49.5 Å². The molecule has 0 bridgehead atoms. The van der Waals surface area contributed by atoms with Crippen molar-refractivity contribution in [2.24, 2.45) is 16.2 Å². The lowest BCUT2D eigenvalue weighted by Crippen LogP contribution is -2.51. The summed E-state index contributed by atoms with van der Waals surface area (Å²) in [5.41, 5.74) is -0.173. The normalized spacial score (nSPS) is 21.9. The van der Waals surface area contributed by atoms with Crippen LogP contribution in [0.3, 0.4) is 0 Å². The van der Waals surface area contributed by atoms with E-state index in [4.69, 9.17) is 0 Å². The molecule has 1 heterocycles. The SMILES string of the molecule is COC(=O)CS(=O)(=O)Nc1ccc2c(c1)S(=O)(=O)N=C(C1C(=O)c3ccccc3C(C)(CCC(C)C)C1=O)N2. The zero-order valence-corrected chi connectivity index (χ0v) is 23.5. The summed E-state index contributed by atoms with van der Waals surface area (Å²) in [7, 11) is -7.57. The molecular formula is C26H29N3O8S2. The number of hydrogen-bond donors (Lipinski definition) is 2. The summed E-state index contributed by atoms with van der Waals surface area (Å²) in [4.78, 5) is 38.5. The van der Waals surface area contributed by atoms with Gasteiger partial charge < -0.3 is 10.1 Å². The van der Waals surface area contributed by atoms with Gasteiger partial charge in [-0.1, -0.05) is 38.1 Å². The number of Topliss-reactive ketones (excluding diaryl/α,β-unsaturated/α-hetero) is 2. The van der Waals surface area contributed by atoms with Crippen molar-refractivity contribution in [3.8, 4) is 0 Å². The average Bonchev–Trinajstić information content (AvgIpc) is 2.86. The number of ether oxygens (including phenoxy) is 1. The summed E-state index contributed by atoms with van der Waals surface area (Å²) in [5.74, 6) is -4.41. The second kappa shape index (κ2) is 10.2. The third-order valence-corrected chi connectivity index (χ3v) is 9.39. The molecule has 2 aliphatic rings. The first-order valence-electron chi connectivity index (χ1n) is 12.2. The Balaban J connectivity index is 1.72. The largest absolute Gasteiger partial charge is 0.468 e. The number of fused-ring (bicyclic) bond motifs is 2. The maximum Gasteiger partial charge on any atom is 0.322 e. The van der Waals surface area contributed by atoms with E-state index in [0.29, 0.717) is 29.9 Å². The lowest BCUT2D eigenvalue weighted by atomic mass is 9.63. The molecule has 4 rings (SSSR count). The quantitative estimate of drug-likeness (QED) is 0.356. The molecule has 39 heavy (non-hydrogen) atoms. The van der Waals surface area contributed by atoms with Crippen LogP contribution in [0.15, 0.2) is 51.8 Å². The monoisotopic (exact) mass is 575 g/mol. The van der Waals surface area contributed by atoms with Gasteiger partial charge >= 0.3 is 5.97 Å². The minimum absolute atomic E-state index is 0.0271. The molecule has 13 heteroatoms. The fourth-order valence-corrected chi connectivity index (χ4v) is 6.95. The van der Waals surface area contributed by atoms with Gasteiger partial charge in [0.1, 0.15) is 16.6 Å². The van der Waals surface area contributed by atoms with Crippen LogP contribution >= 0.6 is 0 Å². The Morgan fingerprint density at radius 2 is 1.87 bits per heavy atom. The van der Waals surface area contributed by atoms with Crippen LogP contribution in [-0.4, -0.2) is 53.1 Å². The molecule has 0 aromatic heterocycles. The third-order valence-electron chi connectivity index (χ3n) is 6.90. The molecule has 0 spiro atoms. The number of hydrogen-bond acceptors (Lipinski definition) is 9. The van der Waals surface area contributed by atoms with Crippen molar-refractivity contribution >= 4 is 54.8 Å². The number of ketones is 2. The van der Waals surface area contributed by atoms with Gasteiger partial charge in [-0.25, -0.2) is 8.42 Å². The second-order valence-corrected chi connectivity index (χ2v) is 13.5. The number of sulfonamides is 2. The Bertz CT molecular complexity index is 1610. The number of carbonyl (C=O) groups excluding carboxylic acids is 3. The molecule has 208 valence electrons. The van der Waals surface area contributed by atoms with E-state index in [1.165, 1.54) is 12.1 Å². The highest BCUT2D eigenvalue weighted by atomic mass is 32.2. The summed E-state index contributed by atoms with van der Waals surface area (Å²) in [6, 6.07) is 10.5. The molecule has 0 saturated heterocycles. The fourth-order valence-electron chi connectivity index (χ4n) is 4.79. The highest BCUT2D eigenvalue weighted by Gasteiger charge is 2.51. The van der Waals surface area contributed by atoms with Gasteiger partial charge in [-0.3, -0.25) is 19.1 Å². The van der Waals surface area contributed by atoms with Crippen LogP contribution in [0.4, 0.5) is 11.4 Å². The molecular weight excluding hydrogens is 546 g/mol. The van der Waals surface area contributed by atoms with Crippen LogP contribution in [0.25, 0.3) is 0 Å². The molecule has 0 amide bonds. The molecule has 11 nitrogen and oxygen atoms in total. The van der Waals surface area contributed by atoms with Crippen molar-refractivity contribution in [3.63, 3.8) is 0 Å². The predicted octanol–water partition coefficient (Wildman–Crippen LogP) is 2.89. The van der Waals surface area contributed by atoms with Crippen molar-refractivity contribution < 1.29 is 36.0 Å². The Kier molecular flexibility index (Phi) is 7.43. The van der Waals surface area contributed by atoms with Gasteiger partial charge in [0.25, 0.3) is 10.0 Å². The van der Waals surface area contributed by atoms with Crippen molar-refractivity contribution in [3.05, 3.63) is 53.6 Å². The van der Waals surface area contributed by atoms with Gasteiger partial charge in [0.2, 0.25) is 10.0 Å². The molecule has 1 aliphatic heterocycles. The molecule has 0 radical (unpaired) electrons. The molecule has 0 fully saturated rings. The van der Waals surface area contributed by atoms with E-state index in [1.807, 2.05) is 13.8 Å². The Morgan fingerprint density at radius 3 is 2.54 bits per heavy atom. The Hall–Kier alpha value is -3.58. The number of benzene rings is 2. The first kappa shape index (κ1) is 28.4. The number of amidine groups is 1. The number of nitrogens with one attached hydrogen (secondary N) is 2. The molecule has 0 saturated carbocycles. The van der Waals surface area contributed by atoms with E-state index in [2.05, 4.69) is 19.2 Å². The lowest BCUT2D eigenvalue weighted by molar-refractivity contribution is -0.137. The Labute approximate surface area is 227 Å². The summed E-state index contributed by atoms with van der Waals surface area (Å²) >= 11 is 0. The molecule has 2 atom stereocenters. The van der Waals surface area contributed by atoms with Gasteiger partial charge in [0, 0.05) is 5.56 Å². The van der Waals surface area contributed by atoms with Gasteiger partial charge in [-0.15, -0.1) is 4.40 Å². The summed E-state index contributed by atoms with van der Waals surface area (Å²) in [6.45, 7) is 5.84. The highest BCUT2D eigenvalue weighted by Crippen LogP contribution is 2.43. The summed E-state index contributed by atoms with van der Waals surface area (Å²) in [5, 5.41) is 2.83. The van der Waals surface area contributed by atoms with Crippen molar-refractivity contribution in [2.45, 2.75) is 43.9 Å². The van der Waals surface area contributed by atoms with E-state index in [1.54, 1.807) is 31.2 Å². The van der Waals surface area contributed by atoms with Crippen LogP contribution in [0, 0.1) is 11.8 Å². The number of esters is 1. The van der Waals surface area contributed by atoms with E-state index in [0.717, 1.165) is 13.2 Å². The smallest absolute Gasteiger partial charge is 0.322 e. The first-order chi connectivity index (χ1) is 18.2. The highest BCUT2D eigenvalue weighted by molar-refractivity contribution is 7.93. The van der Waals surface area contributed by atoms with E-state index < -0.39 is 54.7 Å². The van der Waals surface area contributed by atoms with Crippen LogP contribution in [0.5, 0.6) is 0 Å². The van der Waals surface area contributed by atoms with E-state index in [9.17, 15) is 31.2 Å². The minimum atomic E-state index is -4.44. The fraction of sp³-hybridized carbons (Fsp3) is 0.385. The standard InChI is InChI=1S/C26H29N3O8S2/c1-15(2)11-12-26(3)18-8-6-5-7-17(18)23(31)22(24(26)32)25-27-19-10-9-16(13-20(19)39(35,36)29-25)28-38(33,34)14-21(30)37-4/h5-10,13,15,22,28H,11-12,14H2,1-4H3,(H,27,29). The lowest BCUT2D eigenvalue weighted by Gasteiger charge is -2.39. The number of methoxy groups -OCH3 is 1. The van der Waals surface area contributed by atoms with E-state index in [-0.39, 0.29) is 22.1 Å². The van der Waals surface area contributed by atoms with Crippen LogP contribution < -0.4 is 10.0 Å².